The highest BCUT2D eigenvalue weighted by Gasteiger charge is 2.24. The van der Waals surface area contributed by atoms with Gasteiger partial charge in [0.15, 0.2) is 16.8 Å². The molecular weight excluding hydrogens is 429 g/mol. The molecule has 4 rings (SSSR count). The minimum Gasteiger partial charge on any atom is -0.360 e. The zero-order chi connectivity index (χ0) is 22.5. The van der Waals surface area contributed by atoms with Crippen LogP contribution in [0.5, 0.6) is 0 Å². The van der Waals surface area contributed by atoms with E-state index in [9.17, 15) is 9.18 Å². The zero-order valence-corrected chi connectivity index (χ0v) is 18.5. The number of benzene rings is 2. The lowest BCUT2D eigenvalue weighted by molar-refractivity contribution is -0.115. The molecule has 0 saturated heterocycles. The summed E-state index contributed by atoms with van der Waals surface area (Å²) in [6.07, 6.45) is 0.556. The number of carbonyl (C=O) groups is 1. The Balaban J connectivity index is 1.65. The second-order valence-corrected chi connectivity index (χ2v) is 8.35. The van der Waals surface area contributed by atoms with E-state index in [0.29, 0.717) is 41.1 Å². The Morgan fingerprint density at radius 1 is 1.16 bits per heavy atom. The maximum atomic E-state index is 14.5. The molecule has 2 aromatic heterocycles. The van der Waals surface area contributed by atoms with Crippen molar-refractivity contribution in [3.63, 3.8) is 0 Å². The van der Waals surface area contributed by atoms with Crippen LogP contribution in [0.3, 0.4) is 0 Å². The van der Waals surface area contributed by atoms with E-state index >= 15 is 0 Å². The molecule has 0 aliphatic carbocycles. The molecule has 0 aliphatic heterocycles. The summed E-state index contributed by atoms with van der Waals surface area (Å²) in [7, 11) is 0. The van der Waals surface area contributed by atoms with Crippen molar-refractivity contribution in [2.24, 2.45) is 0 Å². The Kier molecular flexibility index (Phi) is 6.65. The smallest absolute Gasteiger partial charge is 0.239 e. The third-order valence-electron chi connectivity index (χ3n) is 4.81. The fourth-order valence-corrected chi connectivity index (χ4v) is 4.16. The number of hydrogen-bond acceptors (Lipinski definition) is 6. The molecule has 0 fully saturated rings. The molecular formula is C23H22FN5O2S. The molecule has 9 heteroatoms. The van der Waals surface area contributed by atoms with Crippen molar-refractivity contribution in [1.82, 2.24) is 19.9 Å². The lowest BCUT2D eigenvalue weighted by Crippen LogP contribution is -2.25. The molecule has 2 heterocycles. The summed E-state index contributed by atoms with van der Waals surface area (Å²) in [6.45, 7) is 4.12. The summed E-state index contributed by atoms with van der Waals surface area (Å²) in [5.74, 6) is 0.795. The molecule has 1 unspecified atom stereocenters. The van der Waals surface area contributed by atoms with Crippen LogP contribution in [0.1, 0.15) is 24.7 Å². The first-order valence-corrected chi connectivity index (χ1v) is 11.1. The minimum absolute atomic E-state index is 0.215. The van der Waals surface area contributed by atoms with Crippen molar-refractivity contribution in [2.75, 3.05) is 5.32 Å². The van der Waals surface area contributed by atoms with Crippen molar-refractivity contribution in [2.45, 2.75) is 37.2 Å². The van der Waals surface area contributed by atoms with Crippen LogP contribution in [0.4, 0.5) is 10.2 Å². The van der Waals surface area contributed by atoms with Crippen LogP contribution >= 0.6 is 11.8 Å². The fraction of sp³-hybridized carbons (Fsp3) is 0.217. The van der Waals surface area contributed by atoms with Gasteiger partial charge in [-0.05, 0) is 31.0 Å². The molecule has 0 spiro atoms. The van der Waals surface area contributed by atoms with Gasteiger partial charge in [0.1, 0.15) is 11.6 Å². The van der Waals surface area contributed by atoms with Crippen molar-refractivity contribution in [1.29, 1.82) is 0 Å². The molecule has 0 bridgehead atoms. The lowest BCUT2D eigenvalue weighted by Gasteiger charge is -2.15. The summed E-state index contributed by atoms with van der Waals surface area (Å²) >= 11 is 1.29. The quantitative estimate of drug-likeness (QED) is 0.382. The summed E-state index contributed by atoms with van der Waals surface area (Å²) in [5.41, 5.74) is 1.38. The maximum Gasteiger partial charge on any atom is 0.239 e. The second kappa shape index (κ2) is 9.78. The Morgan fingerprint density at radius 2 is 1.91 bits per heavy atom. The van der Waals surface area contributed by atoms with Crippen molar-refractivity contribution in [3.8, 4) is 11.4 Å². The lowest BCUT2D eigenvalue weighted by atomic mass is 10.2. The Morgan fingerprint density at radius 3 is 2.59 bits per heavy atom. The van der Waals surface area contributed by atoms with Crippen LogP contribution in [0, 0.1) is 12.7 Å². The molecule has 1 atom stereocenters. The molecule has 32 heavy (non-hydrogen) atoms. The van der Waals surface area contributed by atoms with Gasteiger partial charge in [0.25, 0.3) is 0 Å². The molecule has 2 aromatic carbocycles. The highest BCUT2D eigenvalue weighted by molar-refractivity contribution is 8.00. The number of hydrogen-bond donors (Lipinski definition) is 1. The van der Waals surface area contributed by atoms with Gasteiger partial charge in [0.2, 0.25) is 5.91 Å². The minimum atomic E-state index is -0.445. The van der Waals surface area contributed by atoms with Gasteiger partial charge in [-0.2, -0.15) is 0 Å². The van der Waals surface area contributed by atoms with Gasteiger partial charge in [-0.15, -0.1) is 10.2 Å². The average molecular weight is 452 g/mol. The third kappa shape index (κ3) is 4.88. The number of anilines is 1. The SMILES string of the molecule is CCC(Sc1nnc(-c2ccccc2F)n1Cc1ccccc1)C(=O)Nc1cc(C)on1. The van der Waals surface area contributed by atoms with Crippen LogP contribution in [-0.4, -0.2) is 31.1 Å². The van der Waals surface area contributed by atoms with E-state index in [1.54, 1.807) is 31.2 Å². The normalized spacial score (nSPS) is 12.0. The van der Waals surface area contributed by atoms with Gasteiger partial charge in [-0.25, -0.2) is 4.39 Å². The van der Waals surface area contributed by atoms with E-state index < -0.39 is 5.25 Å². The molecule has 164 valence electrons. The summed E-state index contributed by atoms with van der Waals surface area (Å²) in [5, 5.41) is 15.2. The Bertz CT molecular complexity index is 1210. The largest absolute Gasteiger partial charge is 0.360 e. The second-order valence-electron chi connectivity index (χ2n) is 7.18. The molecule has 0 aliphatic rings. The molecule has 0 saturated carbocycles. The molecule has 1 amide bonds. The molecule has 4 aromatic rings. The number of aromatic nitrogens is 4. The first-order chi connectivity index (χ1) is 15.5. The third-order valence-corrected chi connectivity index (χ3v) is 6.15. The Hall–Kier alpha value is -3.46. The number of rotatable bonds is 8. The fourth-order valence-electron chi connectivity index (χ4n) is 3.21. The summed E-state index contributed by atoms with van der Waals surface area (Å²) in [4.78, 5) is 12.8. The maximum absolute atomic E-state index is 14.5. The standard InChI is InChI=1S/C23H22FN5O2S/c1-3-19(22(30)25-20-13-15(2)31-28-20)32-23-27-26-21(17-11-7-8-12-18(17)24)29(23)14-16-9-5-4-6-10-16/h4-13,19H,3,14H2,1-2H3,(H,25,28,30). The van der Waals surface area contributed by atoms with E-state index in [-0.39, 0.29) is 11.7 Å². The number of nitrogens with zero attached hydrogens (tertiary/aromatic N) is 4. The highest BCUT2D eigenvalue weighted by atomic mass is 32.2. The van der Waals surface area contributed by atoms with Crippen LogP contribution in [0.2, 0.25) is 0 Å². The van der Waals surface area contributed by atoms with Gasteiger partial charge in [-0.1, -0.05) is 66.3 Å². The molecule has 1 N–H and O–H groups in total. The topological polar surface area (TPSA) is 85.8 Å². The predicted molar refractivity (Wildman–Crippen MR) is 121 cm³/mol. The van der Waals surface area contributed by atoms with E-state index in [4.69, 9.17) is 4.52 Å². The van der Waals surface area contributed by atoms with Gasteiger partial charge >= 0.3 is 0 Å². The summed E-state index contributed by atoms with van der Waals surface area (Å²) < 4.78 is 21.4. The number of halogens is 1. The first kappa shape index (κ1) is 21.8. The predicted octanol–water partition coefficient (Wildman–Crippen LogP) is 4.94. The van der Waals surface area contributed by atoms with Crippen LogP contribution in [-0.2, 0) is 11.3 Å². The number of carbonyl (C=O) groups excluding carboxylic acids is 1. The van der Waals surface area contributed by atoms with Crippen LogP contribution in [0.25, 0.3) is 11.4 Å². The van der Waals surface area contributed by atoms with Crippen LogP contribution < -0.4 is 5.32 Å². The van der Waals surface area contributed by atoms with Gasteiger partial charge in [-0.3, -0.25) is 9.36 Å². The first-order valence-electron chi connectivity index (χ1n) is 10.2. The van der Waals surface area contributed by atoms with Gasteiger partial charge in [0, 0.05) is 6.07 Å². The van der Waals surface area contributed by atoms with E-state index in [2.05, 4.69) is 20.7 Å². The molecule has 7 nitrogen and oxygen atoms in total. The van der Waals surface area contributed by atoms with Gasteiger partial charge < -0.3 is 9.84 Å². The number of thioether (sulfide) groups is 1. The number of aryl methyl sites for hydroxylation is 1. The van der Waals surface area contributed by atoms with E-state index in [1.807, 2.05) is 41.8 Å². The number of amides is 1. The summed E-state index contributed by atoms with van der Waals surface area (Å²) in [6, 6.07) is 17.9. The van der Waals surface area contributed by atoms with Crippen molar-refractivity contribution < 1.29 is 13.7 Å². The van der Waals surface area contributed by atoms with Crippen molar-refractivity contribution >= 4 is 23.5 Å². The average Bonchev–Trinajstić information content (AvgIpc) is 3.38. The Labute approximate surface area is 189 Å². The monoisotopic (exact) mass is 451 g/mol. The highest BCUT2D eigenvalue weighted by Crippen LogP contribution is 2.30. The number of nitrogens with one attached hydrogen (secondary N) is 1. The zero-order valence-electron chi connectivity index (χ0n) is 17.7. The van der Waals surface area contributed by atoms with E-state index in [0.717, 1.165) is 5.56 Å². The van der Waals surface area contributed by atoms with Crippen LogP contribution in [0.15, 0.2) is 70.3 Å². The van der Waals surface area contributed by atoms with Crippen molar-refractivity contribution in [3.05, 3.63) is 77.8 Å². The van der Waals surface area contributed by atoms with E-state index in [1.165, 1.54) is 17.8 Å². The molecule has 0 radical (unpaired) electrons. The van der Waals surface area contributed by atoms with Gasteiger partial charge in [0.05, 0.1) is 17.4 Å².